The zero-order chi connectivity index (χ0) is 14.6. The fourth-order valence-electron chi connectivity index (χ4n) is 1.81. The Morgan fingerprint density at radius 2 is 1.89 bits per heavy atom. The summed E-state index contributed by atoms with van der Waals surface area (Å²) in [5.74, 6) is 0. The molecule has 0 spiro atoms. The summed E-state index contributed by atoms with van der Waals surface area (Å²) < 4.78 is 27.1. The van der Waals surface area contributed by atoms with Gasteiger partial charge in [-0.25, -0.2) is 13.1 Å². The molecule has 0 aromatic heterocycles. The number of nitrogens with one attached hydrogen (secondary N) is 1. The van der Waals surface area contributed by atoms with Crippen LogP contribution in [-0.4, -0.2) is 40.5 Å². The van der Waals surface area contributed by atoms with E-state index in [0.29, 0.717) is 17.8 Å². The topological polar surface area (TPSA) is 75.4 Å². The summed E-state index contributed by atoms with van der Waals surface area (Å²) in [6.45, 7) is 4.83. The van der Waals surface area contributed by atoms with Gasteiger partial charge in [0, 0.05) is 12.2 Å². The molecule has 0 unspecified atom stereocenters. The second kappa shape index (κ2) is 6.36. The van der Waals surface area contributed by atoms with Gasteiger partial charge < -0.3 is 10.6 Å². The van der Waals surface area contributed by atoms with Gasteiger partial charge >= 0.3 is 0 Å². The second-order valence-corrected chi connectivity index (χ2v) is 6.77. The number of nitrogen functional groups attached to an aromatic ring is 1. The lowest BCUT2D eigenvalue weighted by Crippen LogP contribution is -2.28. The molecule has 1 rings (SSSR count). The monoisotopic (exact) mass is 285 g/mol. The molecule has 1 aromatic rings. The largest absolute Gasteiger partial charge is 0.398 e. The fraction of sp³-hybridized carbons (Fsp3) is 0.538. The van der Waals surface area contributed by atoms with Gasteiger partial charge in [0.15, 0.2) is 0 Å². The number of aryl methyl sites for hydroxylation is 1. The molecule has 0 fully saturated rings. The maximum Gasteiger partial charge on any atom is 0.240 e. The van der Waals surface area contributed by atoms with Crippen molar-refractivity contribution < 1.29 is 8.42 Å². The minimum Gasteiger partial charge on any atom is -0.398 e. The van der Waals surface area contributed by atoms with Crippen molar-refractivity contribution in [3.63, 3.8) is 0 Å². The molecule has 3 N–H and O–H groups in total. The zero-order valence-electron chi connectivity index (χ0n) is 12.0. The van der Waals surface area contributed by atoms with Crippen LogP contribution in [0.3, 0.4) is 0 Å². The average molecular weight is 285 g/mol. The summed E-state index contributed by atoms with van der Waals surface area (Å²) in [5.41, 5.74) is 7.77. The van der Waals surface area contributed by atoms with Crippen LogP contribution in [0.4, 0.5) is 5.69 Å². The van der Waals surface area contributed by atoms with E-state index in [4.69, 9.17) is 5.73 Å². The first kappa shape index (κ1) is 15.9. The van der Waals surface area contributed by atoms with Crippen molar-refractivity contribution in [2.24, 2.45) is 0 Å². The molecular weight excluding hydrogens is 262 g/mol. The summed E-state index contributed by atoms with van der Waals surface area (Å²) >= 11 is 0. The van der Waals surface area contributed by atoms with Gasteiger partial charge in [0.25, 0.3) is 0 Å². The normalized spacial score (nSPS) is 12.1. The predicted molar refractivity (Wildman–Crippen MR) is 78.7 cm³/mol. The summed E-state index contributed by atoms with van der Waals surface area (Å²) in [6.07, 6.45) is 0.770. The van der Waals surface area contributed by atoms with Crippen LogP contribution in [0.15, 0.2) is 17.0 Å². The quantitative estimate of drug-likeness (QED) is 0.606. The first-order valence-electron chi connectivity index (χ1n) is 6.25. The van der Waals surface area contributed by atoms with Crippen molar-refractivity contribution >= 4 is 15.7 Å². The molecule has 0 atom stereocenters. The highest BCUT2D eigenvalue weighted by molar-refractivity contribution is 7.89. The number of hydrogen-bond acceptors (Lipinski definition) is 4. The van der Waals surface area contributed by atoms with Crippen molar-refractivity contribution in [2.75, 3.05) is 32.9 Å². The molecule has 0 aliphatic heterocycles. The van der Waals surface area contributed by atoms with E-state index in [2.05, 4.69) is 4.72 Å². The molecule has 0 amide bonds. The van der Waals surface area contributed by atoms with E-state index in [1.54, 1.807) is 19.1 Å². The molecule has 1 aromatic carbocycles. The molecule has 0 saturated carbocycles. The maximum atomic E-state index is 12.2. The van der Waals surface area contributed by atoms with E-state index < -0.39 is 10.0 Å². The first-order valence-corrected chi connectivity index (χ1v) is 7.73. The van der Waals surface area contributed by atoms with Crippen LogP contribution < -0.4 is 10.5 Å². The number of nitrogens with two attached hydrogens (primary N) is 1. The minimum absolute atomic E-state index is 0.273. The Hall–Kier alpha value is -1.11. The van der Waals surface area contributed by atoms with E-state index in [1.807, 2.05) is 25.9 Å². The van der Waals surface area contributed by atoms with Crippen molar-refractivity contribution in [1.29, 1.82) is 0 Å². The summed E-state index contributed by atoms with van der Waals surface area (Å²) in [6, 6.07) is 3.43. The Bertz CT molecular complexity index is 539. The number of sulfonamides is 1. The summed E-state index contributed by atoms with van der Waals surface area (Å²) in [4.78, 5) is 2.29. The van der Waals surface area contributed by atoms with Crippen LogP contribution >= 0.6 is 0 Å². The predicted octanol–water partition coefficient (Wildman–Crippen LogP) is 1.12. The highest BCUT2D eigenvalue weighted by atomic mass is 32.2. The maximum absolute atomic E-state index is 12.2. The highest BCUT2D eigenvalue weighted by Gasteiger charge is 2.18. The van der Waals surface area contributed by atoms with E-state index >= 15 is 0 Å². The van der Waals surface area contributed by atoms with Gasteiger partial charge in [0.1, 0.15) is 0 Å². The number of anilines is 1. The van der Waals surface area contributed by atoms with Crippen LogP contribution in [0, 0.1) is 13.8 Å². The van der Waals surface area contributed by atoms with E-state index in [1.165, 1.54) is 0 Å². The lowest BCUT2D eigenvalue weighted by molar-refractivity contribution is 0.400. The van der Waals surface area contributed by atoms with Gasteiger partial charge in [0.05, 0.1) is 4.90 Å². The van der Waals surface area contributed by atoms with Crippen LogP contribution in [-0.2, 0) is 10.0 Å². The lowest BCUT2D eigenvalue weighted by atomic mass is 10.1. The Morgan fingerprint density at radius 1 is 1.26 bits per heavy atom. The molecule has 5 nitrogen and oxygen atoms in total. The average Bonchev–Trinajstić information content (AvgIpc) is 2.29. The van der Waals surface area contributed by atoms with Gasteiger partial charge in [-0.15, -0.1) is 0 Å². The van der Waals surface area contributed by atoms with Crippen LogP contribution in [0.25, 0.3) is 0 Å². The molecule has 19 heavy (non-hydrogen) atoms. The smallest absolute Gasteiger partial charge is 0.240 e. The standard InChI is InChI=1S/C13H23N3O2S/c1-10-8-12(14)11(2)13(9-10)19(17,18)15-6-5-7-16(3)4/h8-9,15H,5-7,14H2,1-4H3. The molecular formula is C13H23N3O2S. The van der Waals surface area contributed by atoms with Crippen LogP contribution in [0.2, 0.25) is 0 Å². The molecule has 0 radical (unpaired) electrons. The minimum atomic E-state index is -3.48. The summed E-state index contributed by atoms with van der Waals surface area (Å²) in [7, 11) is 0.434. The fourth-order valence-corrected chi connectivity index (χ4v) is 3.24. The third kappa shape index (κ3) is 4.49. The molecule has 108 valence electrons. The van der Waals surface area contributed by atoms with Gasteiger partial charge in [0.2, 0.25) is 10.0 Å². The van der Waals surface area contributed by atoms with Crippen molar-refractivity contribution in [1.82, 2.24) is 9.62 Å². The zero-order valence-corrected chi connectivity index (χ0v) is 12.8. The van der Waals surface area contributed by atoms with E-state index in [0.717, 1.165) is 18.5 Å². The third-order valence-corrected chi connectivity index (χ3v) is 4.50. The first-order chi connectivity index (χ1) is 8.74. The number of rotatable bonds is 6. The summed E-state index contributed by atoms with van der Waals surface area (Å²) in [5, 5.41) is 0. The number of benzene rings is 1. The third-order valence-electron chi connectivity index (χ3n) is 2.91. The molecule has 0 aliphatic carbocycles. The van der Waals surface area contributed by atoms with Gasteiger partial charge in [-0.3, -0.25) is 0 Å². The van der Waals surface area contributed by atoms with E-state index in [9.17, 15) is 8.42 Å². The van der Waals surface area contributed by atoms with Gasteiger partial charge in [-0.2, -0.15) is 0 Å². The van der Waals surface area contributed by atoms with Crippen molar-refractivity contribution in [3.8, 4) is 0 Å². The Labute approximate surface area is 115 Å². The lowest BCUT2D eigenvalue weighted by Gasteiger charge is -2.13. The number of nitrogens with zero attached hydrogens (tertiary/aromatic N) is 1. The Morgan fingerprint density at radius 3 is 2.47 bits per heavy atom. The van der Waals surface area contributed by atoms with Crippen molar-refractivity contribution in [2.45, 2.75) is 25.2 Å². The van der Waals surface area contributed by atoms with Crippen molar-refractivity contribution in [3.05, 3.63) is 23.3 Å². The van der Waals surface area contributed by atoms with Crippen LogP contribution in [0.1, 0.15) is 17.5 Å². The number of hydrogen-bond donors (Lipinski definition) is 2. The molecule has 0 heterocycles. The Balaban J connectivity index is 2.83. The molecule has 6 heteroatoms. The van der Waals surface area contributed by atoms with Crippen LogP contribution in [0.5, 0.6) is 0 Å². The Kier molecular flexibility index (Phi) is 5.34. The van der Waals surface area contributed by atoms with E-state index in [-0.39, 0.29) is 4.90 Å². The molecule has 0 bridgehead atoms. The van der Waals surface area contributed by atoms with Gasteiger partial charge in [-0.05, 0) is 64.2 Å². The second-order valence-electron chi connectivity index (χ2n) is 5.03. The molecule has 0 saturated heterocycles. The SMILES string of the molecule is Cc1cc(N)c(C)c(S(=O)(=O)NCCCN(C)C)c1. The highest BCUT2D eigenvalue weighted by Crippen LogP contribution is 2.22. The molecule has 0 aliphatic rings. The van der Waals surface area contributed by atoms with Gasteiger partial charge in [-0.1, -0.05) is 0 Å².